The topological polar surface area (TPSA) is 72.8 Å². The third-order valence-corrected chi connectivity index (χ3v) is 3.46. The smallest absolute Gasteiger partial charge is 0.161 e. The zero-order valence-electron chi connectivity index (χ0n) is 14.1. The maximum Gasteiger partial charge on any atom is 0.161 e. The lowest BCUT2D eigenvalue weighted by molar-refractivity contribution is 0.0287. The summed E-state index contributed by atoms with van der Waals surface area (Å²) < 4.78 is 16.0. The molecule has 0 spiro atoms. The van der Waals surface area contributed by atoms with E-state index in [2.05, 4.69) is 10.3 Å². The quantitative estimate of drug-likeness (QED) is 0.691. The van der Waals surface area contributed by atoms with Crippen LogP contribution in [0.3, 0.4) is 0 Å². The second-order valence-electron chi connectivity index (χ2n) is 5.35. The largest absolute Gasteiger partial charge is 0.493 e. The molecule has 1 heterocycles. The molecular weight excluding hydrogens is 308 g/mol. The van der Waals surface area contributed by atoms with E-state index < -0.39 is 6.10 Å². The van der Waals surface area contributed by atoms with Crippen molar-refractivity contribution in [3.05, 3.63) is 53.9 Å². The molecule has 0 saturated heterocycles. The number of hydrogen-bond acceptors (Lipinski definition) is 6. The van der Waals surface area contributed by atoms with Crippen LogP contribution in [-0.2, 0) is 17.9 Å². The molecule has 6 nitrogen and oxygen atoms in total. The molecular formula is C18H24N2O4. The number of aromatic nitrogens is 1. The lowest BCUT2D eigenvalue weighted by atomic mass is 10.2. The van der Waals surface area contributed by atoms with E-state index in [-0.39, 0.29) is 6.61 Å². The monoisotopic (exact) mass is 332 g/mol. The Morgan fingerprint density at radius 1 is 1.12 bits per heavy atom. The Balaban J connectivity index is 1.68. The maximum atomic E-state index is 9.94. The van der Waals surface area contributed by atoms with Crippen LogP contribution in [0.25, 0.3) is 0 Å². The lowest BCUT2D eigenvalue weighted by Crippen LogP contribution is -2.30. The molecule has 1 unspecified atom stereocenters. The van der Waals surface area contributed by atoms with E-state index in [0.717, 1.165) is 11.1 Å². The van der Waals surface area contributed by atoms with Crippen LogP contribution in [0.15, 0.2) is 42.7 Å². The summed E-state index contributed by atoms with van der Waals surface area (Å²) in [5, 5.41) is 13.1. The van der Waals surface area contributed by atoms with Crippen molar-refractivity contribution < 1.29 is 19.3 Å². The van der Waals surface area contributed by atoms with Gasteiger partial charge in [0.25, 0.3) is 0 Å². The van der Waals surface area contributed by atoms with Crippen molar-refractivity contribution in [2.24, 2.45) is 0 Å². The Labute approximate surface area is 142 Å². The Morgan fingerprint density at radius 2 is 1.96 bits per heavy atom. The van der Waals surface area contributed by atoms with E-state index in [0.29, 0.717) is 31.2 Å². The van der Waals surface area contributed by atoms with E-state index in [9.17, 15) is 5.11 Å². The van der Waals surface area contributed by atoms with Crippen LogP contribution in [0.4, 0.5) is 0 Å². The van der Waals surface area contributed by atoms with Gasteiger partial charge >= 0.3 is 0 Å². The Kier molecular flexibility index (Phi) is 7.48. The number of benzene rings is 1. The number of methoxy groups -OCH3 is 2. The fourth-order valence-corrected chi connectivity index (χ4v) is 2.23. The van der Waals surface area contributed by atoms with Gasteiger partial charge < -0.3 is 24.6 Å². The molecule has 0 aliphatic heterocycles. The first-order valence-electron chi connectivity index (χ1n) is 7.79. The molecule has 1 atom stereocenters. The van der Waals surface area contributed by atoms with Gasteiger partial charge in [0.15, 0.2) is 11.5 Å². The van der Waals surface area contributed by atoms with Crippen molar-refractivity contribution in [3.63, 3.8) is 0 Å². The van der Waals surface area contributed by atoms with Gasteiger partial charge in [-0.15, -0.1) is 0 Å². The summed E-state index contributed by atoms with van der Waals surface area (Å²) in [5.74, 6) is 1.35. The second-order valence-corrected chi connectivity index (χ2v) is 5.35. The minimum Gasteiger partial charge on any atom is -0.493 e. The summed E-state index contributed by atoms with van der Waals surface area (Å²) in [6.07, 6.45) is 2.97. The van der Waals surface area contributed by atoms with Gasteiger partial charge in [-0.05, 0) is 29.3 Å². The molecule has 0 radical (unpaired) electrons. The van der Waals surface area contributed by atoms with Gasteiger partial charge in [-0.2, -0.15) is 0 Å². The number of hydrogen-bond donors (Lipinski definition) is 2. The molecule has 1 aromatic carbocycles. The maximum absolute atomic E-state index is 9.94. The predicted molar refractivity (Wildman–Crippen MR) is 91.2 cm³/mol. The molecule has 2 rings (SSSR count). The van der Waals surface area contributed by atoms with Gasteiger partial charge in [-0.25, -0.2) is 0 Å². The SMILES string of the molecule is COc1ccc(COCC(O)CNCc2cccnc2)cc1OC. The van der Waals surface area contributed by atoms with Crippen molar-refractivity contribution in [3.8, 4) is 11.5 Å². The average Bonchev–Trinajstić information content (AvgIpc) is 2.62. The number of aliphatic hydroxyl groups is 1. The van der Waals surface area contributed by atoms with Crippen molar-refractivity contribution in [2.45, 2.75) is 19.3 Å². The normalized spacial score (nSPS) is 12.0. The van der Waals surface area contributed by atoms with Crippen LogP contribution in [-0.4, -0.2) is 43.6 Å². The highest BCUT2D eigenvalue weighted by molar-refractivity contribution is 5.42. The fourth-order valence-electron chi connectivity index (χ4n) is 2.23. The number of rotatable bonds is 10. The van der Waals surface area contributed by atoms with Gasteiger partial charge in [0.2, 0.25) is 0 Å². The summed E-state index contributed by atoms with van der Waals surface area (Å²) in [5.41, 5.74) is 2.04. The van der Waals surface area contributed by atoms with Gasteiger partial charge in [0.05, 0.1) is 33.5 Å². The van der Waals surface area contributed by atoms with Crippen LogP contribution >= 0.6 is 0 Å². The Hall–Kier alpha value is -2.15. The minimum absolute atomic E-state index is 0.258. The predicted octanol–water partition coefficient (Wildman–Crippen LogP) is 1.77. The van der Waals surface area contributed by atoms with E-state index >= 15 is 0 Å². The third kappa shape index (κ3) is 5.81. The highest BCUT2D eigenvalue weighted by atomic mass is 16.5. The molecule has 24 heavy (non-hydrogen) atoms. The van der Waals surface area contributed by atoms with Crippen molar-refractivity contribution >= 4 is 0 Å². The standard InChI is InChI=1S/C18H24N2O4/c1-22-17-6-5-14(8-18(17)23-2)12-24-13-16(21)11-20-10-15-4-3-7-19-9-15/h3-9,16,20-21H,10-13H2,1-2H3. The van der Waals surface area contributed by atoms with Crippen LogP contribution in [0, 0.1) is 0 Å². The molecule has 1 aromatic heterocycles. The minimum atomic E-state index is -0.568. The molecule has 0 fully saturated rings. The molecule has 2 aromatic rings. The van der Waals surface area contributed by atoms with E-state index in [1.165, 1.54) is 0 Å². The number of pyridine rings is 1. The molecule has 2 N–H and O–H groups in total. The van der Waals surface area contributed by atoms with Gasteiger partial charge in [0.1, 0.15) is 0 Å². The van der Waals surface area contributed by atoms with Crippen molar-refractivity contribution in [1.82, 2.24) is 10.3 Å². The number of ether oxygens (including phenoxy) is 3. The molecule has 0 saturated carbocycles. The van der Waals surface area contributed by atoms with E-state index in [4.69, 9.17) is 14.2 Å². The molecule has 130 valence electrons. The lowest BCUT2D eigenvalue weighted by Gasteiger charge is -2.13. The Morgan fingerprint density at radius 3 is 2.67 bits per heavy atom. The average molecular weight is 332 g/mol. The molecule has 0 aliphatic carbocycles. The van der Waals surface area contributed by atoms with Crippen molar-refractivity contribution in [1.29, 1.82) is 0 Å². The third-order valence-electron chi connectivity index (χ3n) is 3.46. The molecule has 0 amide bonds. The molecule has 6 heteroatoms. The highest BCUT2D eigenvalue weighted by Crippen LogP contribution is 2.27. The first-order valence-corrected chi connectivity index (χ1v) is 7.79. The summed E-state index contributed by atoms with van der Waals surface area (Å²) >= 11 is 0. The molecule has 0 bridgehead atoms. The van der Waals surface area contributed by atoms with Gasteiger partial charge in [-0.3, -0.25) is 4.98 Å². The summed E-state index contributed by atoms with van der Waals surface area (Å²) in [4.78, 5) is 4.05. The van der Waals surface area contributed by atoms with Crippen LogP contribution in [0.2, 0.25) is 0 Å². The number of nitrogens with zero attached hydrogens (tertiary/aromatic N) is 1. The first kappa shape index (κ1) is 18.2. The van der Waals surface area contributed by atoms with E-state index in [1.807, 2.05) is 30.3 Å². The summed E-state index contributed by atoms with van der Waals surface area (Å²) in [7, 11) is 3.20. The van der Waals surface area contributed by atoms with Crippen LogP contribution in [0.5, 0.6) is 11.5 Å². The summed E-state index contributed by atoms with van der Waals surface area (Å²) in [6.45, 7) is 1.79. The zero-order chi connectivity index (χ0) is 17.2. The zero-order valence-corrected chi connectivity index (χ0v) is 14.1. The van der Waals surface area contributed by atoms with E-state index in [1.54, 1.807) is 26.6 Å². The van der Waals surface area contributed by atoms with Gasteiger partial charge in [-0.1, -0.05) is 12.1 Å². The Bertz CT molecular complexity index is 607. The van der Waals surface area contributed by atoms with Gasteiger partial charge in [0, 0.05) is 25.5 Å². The first-order chi connectivity index (χ1) is 11.7. The van der Waals surface area contributed by atoms with Crippen LogP contribution < -0.4 is 14.8 Å². The van der Waals surface area contributed by atoms with Crippen molar-refractivity contribution in [2.75, 3.05) is 27.4 Å². The molecule has 0 aliphatic rings. The summed E-state index contributed by atoms with van der Waals surface area (Å²) in [6, 6.07) is 9.49. The van der Waals surface area contributed by atoms with Crippen LogP contribution in [0.1, 0.15) is 11.1 Å². The second kappa shape index (κ2) is 9.87. The highest BCUT2D eigenvalue weighted by Gasteiger charge is 2.07. The number of aliphatic hydroxyl groups excluding tert-OH is 1. The number of nitrogens with one attached hydrogen (secondary N) is 1. The fraction of sp³-hybridized carbons (Fsp3) is 0.389.